The SMILES string of the molecule is CCOC(=O)c1cn(Cc2ccccc2F)c2sc(-c3ccc(C(=O)N(CC)CC)cc3)c(CN(C)Cc3ccccc3)c2c1=O. The van der Waals surface area contributed by atoms with Gasteiger partial charge in [0.2, 0.25) is 5.43 Å². The molecule has 0 aliphatic rings. The van der Waals surface area contributed by atoms with E-state index in [1.807, 2.05) is 63.4 Å². The Morgan fingerprint density at radius 3 is 2.22 bits per heavy atom. The molecule has 0 spiro atoms. The molecule has 2 aromatic heterocycles. The Morgan fingerprint density at radius 2 is 1.57 bits per heavy atom. The summed E-state index contributed by atoms with van der Waals surface area (Å²) in [5, 5.41) is 0.407. The molecule has 7 nitrogen and oxygen atoms in total. The van der Waals surface area contributed by atoms with Gasteiger partial charge in [-0.3, -0.25) is 14.5 Å². The number of rotatable bonds is 12. The lowest BCUT2D eigenvalue weighted by Crippen LogP contribution is -2.30. The predicted octanol–water partition coefficient (Wildman–Crippen LogP) is 7.21. The van der Waals surface area contributed by atoms with Crippen LogP contribution in [0.4, 0.5) is 4.39 Å². The van der Waals surface area contributed by atoms with E-state index in [1.165, 1.54) is 23.6 Å². The van der Waals surface area contributed by atoms with Gasteiger partial charge >= 0.3 is 5.97 Å². The summed E-state index contributed by atoms with van der Waals surface area (Å²) in [6.45, 7) is 8.09. The van der Waals surface area contributed by atoms with Gasteiger partial charge in [0.25, 0.3) is 5.91 Å². The van der Waals surface area contributed by atoms with Gasteiger partial charge in [0.05, 0.1) is 18.5 Å². The summed E-state index contributed by atoms with van der Waals surface area (Å²) in [7, 11) is 1.99. The van der Waals surface area contributed by atoms with Crippen LogP contribution in [0.15, 0.2) is 89.9 Å². The first-order chi connectivity index (χ1) is 22.2. The summed E-state index contributed by atoms with van der Waals surface area (Å²) in [5.41, 5.74) is 3.22. The molecule has 2 heterocycles. The van der Waals surface area contributed by atoms with Crippen LogP contribution >= 0.6 is 11.3 Å². The average molecular weight is 640 g/mol. The number of aromatic nitrogens is 1. The van der Waals surface area contributed by atoms with Crippen LogP contribution in [-0.4, -0.2) is 53.0 Å². The minimum absolute atomic E-state index is 0.0423. The van der Waals surface area contributed by atoms with Gasteiger partial charge in [-0.2, -0.15) is 0 Å². The van der Waals surface area contributed by atoms with E-state index in [2.05, 4.69) is 17.0 Å². The smallest absolute Gasteiger partial charge is 0.343 e. The maximum Gasteiger partial charge on any atom is 0.343 e. The number of hydrogen-bond acceptors (Lipinski definition) is 6. The zero-order valence-corrected chi connectivity index (χ0v) is 27.4. The summed E-state index contributed by atoms with van der Waals surface area (Å²) in [4.78, 5) is 45.6. The zero-order chi connectivity index (χ0) is 32.8. The lowest BCUT2D eigenvalue weighted by molar-refractivity contribution is 0.0524. The van der Waals surface area contributed by atoms with E-state index in [9.17, 15) is 18.8 Å². The number of carbonyl (C=O) groups is 2. The number of hydrogen-bond donors (Lipinski definition) is 0. The van der Waals surface area contributed by atoms with Crippen molar-refractivity contribution in [3.8, 4) is 10.4 Å². The van der Waals surface area contributed by atoms with Gasteiger partial charge < -0.3 is 14.2 Å². The quantitative estimate of drug-likeness (QED) is 0.135. The third-order valence-electron chi connectivity index (χ3n) is 7.97. The molecule has 0 aliphatic carbocycles. The lowest BCUT2D eigenvalue weighted by Gasteiger charge is -2.19. The van der Waals surface area contributed by atoms with Gasteiger partial charge in [-0.25, -0.2) is 9.18 Å². The van der Waals surface area contributed by atoms with Crippen LogP contribution in [0, 0.1) is 5.82 Å². The second-order valence-corrected chi connectivity index (χ2v) is 12.1. The molecule has 0 fully saturated rings. The molecule has 0 N–H and O–H groups in total. The Bertz CT molecular complexity index is 1900. The number of thiophene rings is 1. The maximum absolute atomic E-state index is 14.9. The summed E-state index contributed by atoms with van der Waals surface area (Å²) in [5.74, 6) is -1.13. The van der Waals surface area contributed by atoms with Crippen molar-refractivity contribution in [2.24, 2.45) is 0 Å². The van der Waals surface area contributed by atoms with E-state index < -0.39 is 11.4 Å². The highest BCUT2D eigenvalue weighted by Gasteiger charge is 2.25. The summed E-state index contributed by atoms with van der Waals surface area (Å²) >= 11 is 1.42. The van der Waals surface area contributed by atoms with Gasteiger partial charge in [0, 0.05) is 48.4 Å². The second-order valence-electron chi connectivity index (χ2n) is 11.1. The average Bonchev–Trinajstić information content (AvgIpc) is 3.44. The van der Waals surface area contributed by atoms with E-state index in [0.29, 0.717) is 47.5 Å². The Balaban J connectivity index is 1.70. The third kappa shape index (κ3) is 6.95. The molecular formula is C37H38FN3O4S. The summed E-state index contributed by atoms with van der Waals surface area (Å²) < 4.78 is 21.9. The number of esters is 1. The molecule has 238 valence electrons. The zero-order valence-electron chi connectivity index (χ0n) is 26.6. The lowest BCUT2D eigenvalue weighted by atomic mass is 10.0. The van der Waals surface area contributed by atoms with Crippen molar-refractivity contribution in [1.82, 2.24) is 14.4 Å². The fraction of sp³-hybridized carbons (Fsp3) is 0.270. The monoisotopic (exact) mass is 639 g/mol. The van der Waals surface area contributed by atoms with Crippen molar-refractivity contribution in [2.45, 2.75) is 40.4 Å². The number of halogens is 1. The van der Waals surface area contributed by atoms with Gasteiger partial charge in [0.15, 0.2) is 0 Å². The number of pyridine rings is 1. The van der Waals surface area contributed by atoms with Crippen LogP contribution < -0.4 is 5.43 Å². The van der Waals surface area contributed by atoms with E-state index in [4.69, 9.17) is 4.74 Å². The molecule has 5 rings (SSSR count). The molecule has 3 aromatic carbocycles. The van der Waals surface area contributed by atoms with Crippen LogP contribution in [0.2, 0.25) is 0 Å². The third-order valence-corrected chi connectivity index (χ3v) is 9.29. The van der Waals surface area contributed by atoms with Crippen molar-refractivity contribution in [3.63, 3.8) is 0 Å². The topological polar surface area (TPSA) is 71.8 Å². The van der Waals surface area contributed by atoms with Crippen molar-refractivity contribution in [2.75, 3.05) is 26.7 Å². The molecule has 0 unspecified atom stereocenters. The van der Waals surface area contributed by atoms with Gasteiger partial charge in [0.1, 0.15) is 16.2 Å². The number of benzene rings is 3. The molecule has 0 aliphatic heterocycles. The second kappa shape index (κ2) is 14.7. The number of carbonyl (C=O) groups excluding carboxylic acids is 2. The van der Waals surface area contributed by atoms with Crippen molar-refractivity contribution < 1.29 is 18.7 Å². The van der Waals surface area contributed by atoms with Crippen LogP contribution in [-0.2, 0) is 24.4 Å². The first-order valence-corrected chi connectivity index (χ1v) is 16.3. The molecule has 0 saturated heterocycles. The fourth-order valence-corrected chi connectivity index (χ4v) is 6.93. The number of amides is 1. The standard InChI is InChI=1S/C37H38FN3O4S/c1-5-40(6-2)35(43)27-19-17-26(18-20-27)34-29(23-39(4)21-25-13-9-8-10-14-25)32-33(42)30(37(44)45-7-3)24-41(36(32)46-34)22-28-15-11-12-16-31(28)38/h8-20,24H,5-7,21-23H2,1-4H3. The predicted molar refractivity (Wildman–Crippen MR) is 182 cm³/mol. The number of nitrogens with zero attached hydrogens (tertiary/aromatic N) is 3. The molecule has 0 atom stereocenters. The first kappa shape index (κ1) is 32.8. The van der Waals surface area contributed by atoms with Crippen LogP contribution in [0.1, 0.15) is 58.2 Å². The molecule has 5 aromatic rings. The van der Waals surface area contributed by atoms with Gasteiger partial charge in [-0.1, -0.05) is 60.7 Å². The summed E-state index contributed by atoms with van der Waals surface area (Å²) in [6, 6.07) is 24.0. The van der Waals surface area contributed by atoms with Crippen LogP contribution in [0.5, 0.6) is 0 Å². The molecule has 0 saturated carbocycles. The van der Waals surface area contributed by atoms with Crippen molar-refractivity contribution >= 4 is 33.4 Å². The van der Waals surface area contributed by atoms with E-state index >= 15 is 0 Å². The molecule has 0 bridgehead atoms. The Labute approximate surface area is 272 Å². The molecule has 1 amide bonds. The highest BCUT2D eigenvalue weighted by atomic mass is 32.1. The number of fused-ring (bicyclic) bond motifs is 1. The van der Waals surface area contributed by atoms with Crippen LogP contribution in [0.25, 0.3) is 20.7 Å². The fourth-order valence-electron chi connectivity index (χ4n) is 5.64. The molecule has 9 heteroatoms. The number of ether oxygens (including phenoxy) is 1. The maximum atomic E-state index is 14.9. The summed E-state index contributed by atoms with van der Waals surface area (Å²) in [6.07, 6.45) is 1.48. The molecular weight excluding hydrogens is 601 g/mol. The van der Waals surface area contributed by atoms with E-state index in [1.54, 1.807) is 34.6 Å². The van der Waals surface area contributed by atoms with E-state index in [0.717, 1.165) is 21.6 Å². The Morgan fingerprint density at radius 1 is 0.891 bits per heavy atom. The highest BCUT2D eigenvalue weighted by molar-refractivity contribution is 7.22. The molecule has 46 heavy (non-hydrogen) atoms. The van der Waals surface area contributed by atoms with E-state index in [-0.39, 0.29) is 30.4 Å². The minimum Gasteiger partial charge on any atom is -0.462 e. The van der Waals surface area contributed by atoms with Crippen LogP contribution in [0.3, 0.4) is 0 Å². The minimum atomic E-state index is -0.715. The van der Waals surface area contributed by atoms with Gasteiger partial charge in [-0.15, -0.1) is 11.3 Å². The molecule has 0 radical (unpaired) electrons. The highest BCUT2D eigenvalue weighted by Crippen LogP contribution is 2.39. The van der Waals surface area contributed by atoms with Crippen molar-refractivity contribution in [1.29, 1.82) is 0 Å². The van der Waals surface area contributed by atoms with Gasteiger partial charge in [-0.05, 0) is 62.7 Å². The largest absolute Gasteiger partial charge is 0.462 e. The first-order valence-electron chi connectivity index (χ1n) is 15.5. The van der Waals surface area contributed by atoms with Crippen molar-refractivity contribution in [3.05, 3.63) is 129 Å². The Kier molecular flexibility index (Phi) is 10.4. The normalized spacial score (nSPS) is 11.3. The Hall–Kier alpha value is -4.60.